The molecule has 2 fully saturated rings. The van der Waals surface area contributed by atoms with Crippen LogP contribution in [0.25, 0.3) is 0 Å². The first-order chi connectivity index (χ1) is 10.2. The summed E-state index contributed by atoms with van der Waals surface area (Å²) in [6.07, 6.45) is 5.23. The van der Waals surface area contributed by atoms with E-state index in [2.05, 4.69) is 10.2 Å². The highest BCUT2D eigenvalue weighted by molar-refractivity contribution is 5.39. The average molecular weight is 290 g/mol. The molecule has 1 atom stereocenters. The molecule has 0 aromatic heterocycles. The van der Waals surface area contributed by atoms with Gasteiger partial charge in [-0.1, -0.05) is 6.07 Å². The fraction of sp³-hybridized carbons (Fsp3) is 0.647. The third kappa shape index (κ3) is 3.33. The lowest BCUT2D eigenvalue weighted by atomic mass is 9.74. The van der Waals surface area contributed by atoms with Crippen LogP contribution >= 0.6 is 0 Å². The molecule has 1 spiro atoms. The molecule has 21 heavy (non-hydrogen) atoms. The highest BCUT2D eigenvalue weighted by Crippen LogP contribution is 2.37. The zero-order valence-electron chi connectivity index (χ0n) is 12.9. The number of likely N-dealkylation sites (tertiary alicyclic amines) is 1. The third-order valence-corrected chi connectivity index (χ3v) is 4.99. The minimum atomic E-state index is 0.343. The maximum Gasteiger partial charge on any atom is 0.123 e. The van der Waals surface area contributed by atoms with Gasteiger partial charge in [-0.2, -0.15) is 0 Å². The van der Waals surface area contributed by atoms with E-state index < -0.39 is 0 Å². The van der Waals surface area contributed by atoms with Crippen molar-refractivity contribution in [3.05, 3.63) is 23.8 Å². The van der Waals surface area contributed by atoms with E-state index in [9.17, 15) is 5.11 Å². The molecule has 1 unspecified atom stereocenters. The van der Waals surface area contributed by atoms with Crippen LogP contribution in [0.5, 0.6) is 11.5 Å². The van der Waals surface area contributed by atoms with Gasteiger partial charge in [-0.3, -0.25) is 4.90 Å². The van der Waals surface area contributed by atoms with Crippen LogP contribution in [-0.2, 0) is 6.54 Å². The lowest BCUT2D eigenvalue weighted by Crippen LogP contribution is -2.50. The second-order valence-corrected chi connectivity index (χ2v) is 6.59. The topological polar surface area (TPSA) is 44.7 Å². The van der Waals surface area contributed by atoms with Gasteiger partial charge >= 0.3 is 0 Å². The number of benzene rings is 1. The van der Waals surface area contributed by atoms with Crippen molar-refractivity contribution in [2.45, 2.75) is 32.2 Å². The van der Waals surface area contributed by atoms with Crippen LogP contribution in [-0.4, -0.2) is 43.3 Å². The third-order valence-electron chi connectivity index (χ3n) is 4.99. The van der Waals surface area contributed by atoms with Crippen molar-refractivity contribution in [2.24, 2.45) is 5.41 Å². The van der Waals surface area contributed by atoms with E-state index in [-0.39, 0.29) is 0 Å². The molecule has 4 nitrogen and oxygen atoms in total. The second kappa shape index (κ2) is 6.24. The van der Waals surface area contributed by atoms with Gasteiger partial charge in [-0.25, -0.2) is 0 Å². The number of piperidine rings is 2. The molecule has 0 saturated carbocycles. The van der Waals surface area contributed by atoms with Gasteiger partial charge in [0, 0.05) is 31.3 Å². The SMILES string of the molecule is COc1ccc(CN2CCCC3(CCCNC3)C2)c(O)c1. The molecule has 1 aromatic carbocycles. The van der Waals surface area contributed by atoms with Crippen LogP contribution < -0.4 is 10.1 Å². The average Bonchev–Trinajstić information content (AvgIpc) is 2.50. The highest BCUT2D eigenvalue weighted by Gasteiger charge is 2.36. The van der Waals surface area contributed by atoms with Gasteiger partial charge in [0.15, 0.2) is 0 Å². The van der Waals surface area contributed by atoms with Gasteiger partial charge < -0.3 is 15.2 Å². The van der Waals surface area contributed by atoms with Crippen LogP contribution in [0.4, 0.5) is 0 Å². The fourth-order valence-corrected chi connectivity index (χ4v) is 3.87. The number of hydrogen-bond acceptors (Lipinski definition) is 4. The van der Waals surface area contributed by atoms with Crippen LogP contribution in [0.15, 0.2) is 18.2 Å². The Bertz CT molecular complexity index is 478. The number of ether oxygens (including phenoxy) is 1. The van der Waals surface area contributed by atoms with E-state index in [4.69, 9.17) is 4.74 Å². The van der Waals surface area contributed by atoms with Gasteiger partial charge in [0.2, 0.25) is 0 Å². The smallest absolute Gasteiger partial charge is 0.123 e. The van der Waals surface area contributed by atoms with E-state index in [0.717, 1.165) is 31.7 Å². The monoisotopic (exact) mass is 290 g/mol. The summed E-state index contributed by atoms with van der Waals surface area (Å²) in [5.74, 6) is 1.05. The second-order valence-electron chi connectivity index (χ2n) is 6.59. The summed E-state index contributed by atoms with van der Waals surface area (Å²) in [5.41, 5.74) is 1.45. The van der Waals surface area contributed by atoms with Gasteiger partial charge in [-0.15, -0.1) is 0 Å². The Labute approximate surface area is 127 Å². The van der Waals surface area contributed by atoms with Crippen molar-refractivity contribution in [3.63, 3.8) is 0 Å². The van der Waals surface area contributed by atoms with E-state index in [0.29, 0.717) is 16.9 Å². The van der Waals surface area contributed by atoms with Crippen molar-refractivity contribution in [1.82, 2.24) is 10.2 Å². The van der Waals surface area contributed by atoms with Crippen molar-refractivity contribution in [3.8, 4) is 11.5 Å². The van der Waals surface area contributed by atoms with Crippen molar-refractivity contribution < 1.29 is 9.84 Å². The van der Waals surface area contributed by atoms with Gasteiger partial charge in [0.1, 0.15) is 11.5 Å². The Morgan fingerprint density at radius 3 is 2.90 bits per heavy atom. The number of aromatic hydroxyl groups is 1. The first-order valence-electron chi connectivity index (χ1n) is 8.00. The van der Waals surface area contributed by atoms with Crippen molar-refractivity contribution in [1.29, 1.82) is 0 Å². The molecule has 0 radical (unpaired) electrons. The molecule has 116 valence electrons. The van der Waals surface area contributed by atoms with Crippen LogP contribution in [0.3, 0.4) is 0 Å². The zero-order chi connectivity index (χ0) is 14.7. The number of nitrogens with zero attached hydrogens (tertiary/aromatic N) is 1. The van der Waals surface area contributed by atoms with Gasteiger partial charge in [0.05, 0.1) is 7.11 Å². The quantitative estimate of drug-likeness (QED) is 0.897. The number of nitrogens with one attached hydrogen (secondary N) is 1. The van der Waals surface area contributed by atoms with Crippen molar-refractivity contribution in [2.75, 3.05) is 33.3 Å². The maximum atomic E-state index is 10.1. The molecule has 1 aromatic rings. The van der Waals surface area contributed by atoms with Gasteiger partial charge in [-0.05, 0) is 50.3 Å². The summed E-state index contributed by atoms with van der Waals surface area (Å²) in [4.78, 5) is 2.50. The minimum Gasteiger partial charge on any atom is -0.507 e. The molecular weight excluding hydrogens is 264 g/mol. The molecule has 2 N–H and O–H groups in total. The Morgan fingerprint density at radius 2 is 2.19 bits per heavy atom. The molecule has 2 heterocycles. The zero-order valence-corrected chi connectivity index (χ0v) is 12.9. The van der Waals surface area contributed by atoms with E-state index in [1.54, 1.807) is 13.2 Å². The summed E-state index contributed by atoms with van der Waals surface area (Å²) in [6.45, 7) is 5.43. The van der Waals surface area contributed by atoms with E-state index in [1.165, 1.54) is 32.2 Å². The molecule has 0 aliphatic carbocycles. The molecule has 3 rings (SSSR count). The summed E-state index contributed by atoms with van der Waals surface area (Å²) in [5, 5.41) is 13.7. The minimum absolute atomic E-state index is 0.343. The summed E-state index contributed by atoms with van der Waals surface area (Å²) in [7, 11) is 1.62. The summed E-state index contributed by atoms with van der Waals surface area (Å²) >= 11 is 0. The lowest BCUT2D eigenvalue weighted by Gasteiger charge is -2.45. The maximum absolute atomic E-state index is 10.1. The number of phenolic OH excluding ortho intramolecular Hbond substituents is 1. The molecular formula is C17H26N2O2. The number of hydrogen-bond donors (Lipinski definition) is 2. The Hall–Kier alpha value is -1.26. The Balaban J connectivity index is 1.67. The normalized spacial score (nSPS) is 26.9. The standard InChI is InChI=1S/C17H26N2O2/c1-21-15-5-4-14(16(20)10-15)11-19-9-3-7-17(13-19)6-2-8-18-12-17/h4-5,10,18,20H,2-3,6-9,11-13H2,1H3. The molecule has 0 bridgehead atoms. The summed E-state index contributed by atoms with van der Waals surface area (Å²) < 4.78 is 5.15. The fourth-order valence-electron chi connectivity index (χ4n) is 3.87. The Kier molecular flexibility index (Phi) is 4.36. The molecule has 2 saturated heterocycles. The van der Waals surface area contributed by atoms with Crippen LogP contribution in [0.2, 0.25) is 0 Å². The van der Waals surface area contributed by atoms with E-state index in [1.807, 2.05) is 12.1 Å². The lowest BCUT2D eigenvalue weighted by molar-refractivity contribution is 0.0596. The number of methoxy groups -OCH3 is 1. The summed E-state index contributed by atoms with van der Waals surface area (Å²) in [6, 6.07) is 5.61. The van der Waals surface area contributed by atoms with Gasteiger partial charge in [0.25, 0.3) is 0 Å². The van der Waals surface area contributed by atoms with Crippen LogP contribution in [0, 0.1) is 5.41 Å². The molecule has 2 aliphatic heterocycles. The molecule has 0 amide bonds. The first-order valence-corrected chi connectivity index (χ1v) is 8.00. The van der Waals surface area contributed by atoms with E-state index >= 15 is 0 Å². The first kappa shape index (κ1) is 14.7. The number of rotatable bonds is 3. The largest absolute Gasteiger partial charge is 0.507 e. The number of phenols is 1. The van der Waals surface area contributed by atoms with Crippen molar-refractivity contribution >= 4 is 0 Å². The molecule has 4 heteroatoms. The Morgan fingerprint density at radius 1 is 1.33 bits per heavy atom. The predicted octanol–water partition coefficient (Wildman–Crippen LogP) is 2.37. The molecule has 2 aliphatic rings. The van der Waals surface area contributed by atoms with Crippen LogP contribution in [0.1, 0.15) is 31.2 Å². The predicted molar refractivity (Wildman–Crippen MR) is 83.7 cm³/mol. The highest BCUT2D eigenvalue weighted by atomic mass is 16.5.